The Hall–Kier alpha value is -2.41. The number of esters is 1. The Morgan fingerprint density at radius 1 is 1.38 bits per heavy atom. The summed E-state index contributed by atoms with van der Waals surface area (Å²) in [6.45, 7) is 1.50. The number of fused-ring (bicyclic) bond motifs is 1. The number of carbonyl (C=O) groups is 2. The Morgan fingerprint density at radius 2 is 2.17 bits per heavy atom. The lowest BCUT2D eigenvalue weighted by Crippen LogP contribution is -2.56. The van der Waals surface area contributed by atoms with Crippen LogP contribution in [-0.2, 0) is 20.7 Å². The fourth-order valence-electron chi connectivity index (χ4n) is 3.07. The standard InChI is InChI=1S/C17H20FN3O3/c1-20-5-6-21(10-15(20)17(23)24-2)16(22)7-11-9-19-14-8-12(18)3-4-13(11)14/h3-4,8-9,15,19H,5-7,10H2,1-2H3/t15-/m0/s1. The lowest BCUT2D eigenvalue weighted by Gasteiger charge is -2.37. The summed E-state index contributed by atoms with van der Waals surface area (Å²) in [6.07, 6.45) is 1.94. The van der Waals surface area contributed by atoms with E-state index in [4.69, 9.17) is 4.74 Å². The van der Waals surface area contributed by atoms with Gasteiger partial charge in [-0.15, -0.1) is 0 Å². The number of benzene rings is 1. The van der Waals surface area contributed by atoms with E-state index in [0.717, 1.165) is 10.9 Å². The van der Waals surface area contributed by atoms with Crippen molar-refractivity contribution in [1.29, 1.82) is 0 Å². The maximum absolute atomic E-state index is 13.2. The van der Waals surface area contributed by atoms with Crippen molar-refractivity contribution in [1.82, 2.24) is 14.8 Å². The number of hydrogen-bond acceptors (Lipinski definition) is 4. The van der Waals surface area contributed by atoms with E-state index in [9.17, 15) is 14.0 Å². The van der Waals surface area contributed by atoms with Gasteiger partial charge in [0.1, 0.15) is 11.9 Å². The minimum Gasteiger partial charge on any atom is -0.468 e. The molecule has 24 heavy (non-hydrogen) atoms. The number of hydrogen-bond donors (Lipinski definition) is 1. The number of H-pyrrole nitrogens is 1. The molecule has 1 N–H and O–H groups in total. The monoisotopic (exact) mass is 333 g/mol. The zero-order chi connectivity index (χ0) is 17.3. The molecule has 0 aliphatic carbocycles. The fraction of sp³-hybridized carbons (Fsp3) is 0.412. The van der Waals surface area contributed by atoms with E-state index in [1.807, 2.05) is 11.9 Å². The highest BCUT2D eigenvalue weighted by Gasteiger charge is 2.32. The number of amides is 1. The Labute approximate surface area is 139 Å². The van der Waals surface area contributed by atoms with E-state index in [-0.39, 0.29) is 24.1 Å². The molecule has 1 fully saturated rings. The summed E-state index contributed by atoms with van der Waals surface area (Å²) in [6, 6.07) is 4.02. The molecule has 1 aromatic heterocycles. The number of rotatable bonds is 3. The van der Waals surface area contributed by atoms with Crippen LogP contribution < -0.4 is 0 Å². The third-order valence-electron chi connectivity index (χ3n) is 4.55. The van der Waals surface area contributed by atoms with Crippen LogP contribution in [0.4, 0.5) is 4.39 Å². The van der Waals surface area contributed by atoms with Gasteiger partial charge in [0.25, 0.3) is 0 Å². The Kier molecular flexibility index (Phi) is 4.53. The smallest absolute Gasteiger partial charge is 0.324 e. The highest BCUT2D eigenvalue weighted by atomic mass is 19.1. The Morgan fingerprint density at radius 3 is 2.92 bits per heavy atom. The van der Waals surface area contributed by atoms with Crippen LogP contribution in [0.3, 0.4) is 0 Å². The van der Waals surface area contributed by atoms with Gasteiger partial charge in [-0.25, -0.2) is 4.39 Å². The molecule has 1 saturated heterocycles. The second-order valence-electron chi connectivity index (χ2n) is 6.04. The number of aromatic amines is 1. The molecule has 2 heterocycles. The molecule has 1 aliphatic heterocycles. The zero-order valence-electron chi connectivity index (χ0n) is 13.7. The van der Waals surface area contributed by atoms with Crippen LogP contribution in [0.5, 0.6) is 0 Å². The van der Waals surface area contributed by atoms with Gasteiger partial charge < -0.3 is 14.6 Å². The Bertz CT molecular complexity index is 774. The number of piperazine rings is 1. The molecule has 7 heteroatoms. The van der Waals surface area contributed by atoms with Crippen molar-refractivity contribution in [3.63, 3.8) is 0 Å². The van der Waals surface area contributed by atoms with E-state index in [1.54, 1.807) is 17.2 Å². The van der Waals surface area contributed by atoms with Gasteiger partial charge >= 0.3 is 5.97 Å². The van der Waals surface area contributed by atoms with Gasteiger partial charge in [0, 0.05) is 36.7 Å². The van der Waals surface area contributed by atoms with Crippen molar-refractivity contribution in [2.75, 3.05) is 33.8 Å². The molecule has 1 aromatic carbocycles. The molecular weight excluding hydrogens is 313 g/mol. The maximum Gasteiger partial charge on any atom is 0.324 e. The number of likely N-dealkylation sites (N-methyl/N-ethyl adjacent to an activating group) is 1. The summed E-state index contributed by atoms with van der Waals surface area (Å²) < 4.78 is 18.0. The molecule has 128 valence electrons. The van der Waals surface area contributed by atoms with Gasteiger partial charge in [0.2, 0.25) is 5.91 Å². The first kappa shape index (κ1) is 16.4. The van der Waals surface area contributed by atoms with E-state index < -0.39 is 6.04 Å². The molecule has 3 rings (SSSR count). The van der Waals surface area contributed by atoms with E-state index >= 15 is 0 Å². The first-order chi connectivity index (χ1) is 11.5. The summed E-state index contributed by atoms with van der Waals surface area (Å²) in [7, 11) is 3.19. The summed E-state index contributed by atoms with van der Waals surface area (Å²) in [5.74, 6) is -0.706. The van der Waals surface area contributed by atoms with Crippen molar-refractivity contribution in [3.8, 4) is 0 Å². The van der Waals surface area contributed by atoms with Crippen molar-refractivity contribution in [2.24, 2.45) is 0 Å². The molecule has 1 aliphatic rings. The quantitative estimate of drug-likeness (QED) is 0.856. The molecule has 0 spiro atoms. The SMILES string of the molecule is COC(=O)[C@@H]1CN(C(=O)Cc2c[nH]c3cc(F)ccc23)CCN1C. The first-order valence-electron chi connectivity index (χ1n) is 7.81. The topological polar surface area (TPSA) is 65.6 Å². The van der Waals surface area contributed by atoms with E-state index in [0.29, 0.717) is 25.2 Å². The number of ether oxygens (including phenoxy) is 1. The van der Waals surface area contributed by atoms with Gasteiger partial charge in [0.15, 0.2) is 0 Å². The predicted octanol–water partition coefficient (Wildman–Crippen LogP) is 1.17. The highest BCUT2D eigenvalue weighted by Crippen LogP contribution is 2.21. The molecule has 1 amide bonds. The second kappa shape index (κ2) is 6.60. The van der Waals surface area contributed by atoms with Gasteiger partial charge in [-0.1, -0.05) is 0 Å². The normalized spacial score (nSPS) is 18.8. The van der Waals surface area contributed by atoms with Crippen molar-refractivity contribution >= 4 is 22.8 Å². The lowest BCUT2D eigenvalue weighted by molar-refractivity contribution is -0.150. The minimum absolute atomic E-state index is 0.0535. The summed E-state index contributed by atoms with van der Waals surface area (Å²) in [5.41, 5.74) is 1.49. The van der Waals surface area contributed by atoms with Crippen LogP contribution >= 0.6 is 0 Å². The summed E-state index contributed by atoms with van der Waals surface area (Å²) >= 11 is 0. The minimum atomic E-state index is -0.440. The van der Waals surface area contributed by atoms with Gasteiger partial charge in [-0.3, -0.25) is 14.5 Å². The second-order valence-corrected chi connectivity index (χ2v) is 6.04. The molecule has 0 bridgehead atoms. The summed E-state index contributed by atoms with van der Waals surface area (Å²) in [4.78, 5) is 31.0. The number of halogens is 1. The van der Waals surface area contributed by atoms with Crippen molar-refractivity contribution in [2.45, 2.75) is 12.5 Å². The van der Waals surface area contributed by atoms with E-state index in [2.05, 4.69) is 4.98 Å². The molecule has 2 aromatic rings. The third kappa shape index (κ3) is 3.12. The first-order valence-corrected chi connectivity index (χ1v) is 7.81. The number of methoxy groups -OCH3 is 1. The fourth-order valence-corrected chi connectivity index (χ4v) is 3.07. The predicted molar refractivity (Wildman–Crippen MR) is 87.0 cm³/mol. The molecular formula is C17H20FN3O3. The van der Waals surface area contributed by atoms with Crippen LogP contribution in [0.2, 0.25) is 0 Å². The average Bonchev–Trinajstić information content (AvgIpc) is 2.96. The largest absolute Gasteiger partial charge is 0.468 e. The number of nitrogens with zero attached hydrogens (tertiary/aromatic N) is 2. The van der Waals surface area contributed by atoms with Crippen LogP contribution in [0, 0.1) is 5.82 Å². The number of aromatic nitrogens is 1. The van der Waals surface area contributed by atoms with Gasteiger partial charge in [-0.2, -0.15) is 0 Å². The molecule has 0 saturated carbocycles. The van der Waals surface area contributed by atoms with Crippen LogP contribution in [0.25, 0.3) is 10.9 Å². The van der Waals surface area contributed by atoms with Crippen molar-refractivity contribution < 1.29 is 18.7 Å². The van der Waals surface area contributed by atoms with Crippen LogP contribution in [-0.4, -0.2) is 66.5 Å². The van der Waals surface area contributed by atoms with Gasteiger partial charge in [0.05, 0.1) is 13.5 Å². The third-order valence-corrected chi connectivity index (χ3v) is 4.55. The number of carbonyl (C=O) groups excluding carboxylic acids is 2. The zero-order valence-corrected chi connectivity index (χ0v) is 13.7. The van der Waals surface area contributed by atoms with Crippen LogP contribution in [0.1, 0.15) is 5.56 Å². The number of nitrogens with one attached hydrogen (secondary N) is 1. The Balaban J connectivity index is 1.73. The van der Waals surface area contributed by atoms with Gasteiger partial charge in [-0.05, 0) is 30.8 Å². The van der Waals surface area contributed by atoms with Crippen LogP contribution in [0.15, 0.2) is 24.4 Å². The average molecular weight is 333 g/mol. The summed E-state index contributed by atoms with van der Waals surface area (Å²) in [5, 5.41) is 0.836. The molecule has 1 atom stereocenters. The molecule has 0 radical (unpaired) electrons. The highest BCUT2D eigenvalue weighted by molar-refractivity contribution is 5.89. The maximum atomic E-state index is 13.2. The van der Waals surface area contributed by atoms with E-state index in [1.165, 1.54) is 19.2 Å². The molecule has 0 unspecified atom stereocenters. The lowest BCUT2D eigenvalue weighted by atomic mass is 10.1. The molecule has 6 nitrogen and oxygen atoms in total. The van der Waals surface area contributed by atoms with Crippen molar-refractivity contribution in [3.05, 3.63) is 35.8 Å².